The maximum atomic E-state index is 9.99. The van der Waals surface area contributed by atoms with Crippen LogP contribution in [0.3, 0.4) is 0 Å². The minimum atomic E-state index is 0.323. The second-order valence-corrected chi connectivity index (χ2v) is 4.44. The van der Waals surface area contributed by atoms with Crippen LogP contribution in [0.15, 0.2) is 42.5 Å². The van der Waals surface area contributed by atoms with Crippen molar-refractivity contribution < 1.29 is 5.11 Å². The Kier molecular flexibility index (Phi) is 4.00. The molecule has 18 heavy (non-hydrogen) atoms. The van der Waals surface area contributed by atoms with Gasteiger partial charge in [0.05, 0.1) is 0 Å². The minimum Gasteiger partial charge on any atom is -0.507 e. The number of hydrogen-bond acceptors (Lipinski definition) is 2. The maximum Gasteiger partial charge on any atom is 0.123 e. The van der Waals surface area contributed by atoms with Crippen LogP contribution in [0.4, 0.5) is 0 Å². The van der Waals surface area contributed by atoms with Crippen LogP contribution in [0, 0.1) is 0 Å². The number of hydrogen-bond donors (Lipinski definition) is 2. The number of phenolic OH excluding ortho intramolecular Hbond substituents is 1. The van der Waals surface area contributed by atoms with Crippen molar-refractivity contribution in [1.29, 1.82) is 0 Å². The van der Waals surface area contributed by atoms with E-state index in [1.807, 2.05) is 24.3 Å². The van der Waals surface area contributed by atoms with E-state index in [4.69, 9.17) is 5.73 Å². The molecule has 3 N–H and O–H groups in total. The summed E-state index contributed by atoms with van der Waals surface area (Å²) >= 11 is 0. The van der Waals surface area contributed by atoms with Gasteiger partial charge in [0.1, 0.15) is 5.75 Å². The molecule has 94 valence electrons. The highest BCUT2D eigenvalue weighted by molar-refractivity contribution is 5.71. The van der Waals surface area contributed by atoms with Crippen LogP contribution >= 0.6 is 0 Å². The lowest BCUT2D eigenvalue weighted by Crippen LogP contribution is -2.02. The summed E-state index contributed by atoms with van der Waals surface area (Å²) in [6.45, 7) is 2.75. The van der Waals surface area contributed by atoms with Crippen LogP contribution in [-0.2, 0) is 12.8 Å². The van der Waals surface area contributed by atoms with Crippen LogP contribution in [0.5, 0.6) is 5.75 Å². The Balaban J connectivity index is 2.44. The molecule has 0 bridgehead atoms. The summed E-state index contributed by atoms with van der Waals surface area (Å²) in [7, 11) is 0. The van der Waals surface area contributed by atoms with Gasteiger partial charge >= 0.3 is 0 Å². The van der Waals surface area contributed by atoms with E-state index in [1.54, 1.807) is 6.07 Å². The summed E-state index contributed by atoms with van der Waals surface area (Å²) in [4.78, 5) is 0. The Hall–Kier alpha value is -1.80. The van der Waals surface area contributed by atoms with Gasteiger partial charge in [0.2, 0.25) is 0 Å². The molecule has 0 heterocycles. The highest BCUT2D eigenvalue weighted by atomic mass is 16.3. The zero-order valence-electron chi connectivity index (χ0n) is 10.7. The van der Waals surface area contributed by atoms with Gasteiger partial charge in [-0.25, -0.2) is 0 Å². The fourth-order valence-corrected chi connectivity index (χ4v) is 2.10. The molecule has 0 atom stereocenters. The molecule has 2 nitrogen and oxygen atoms in total. The molecule has 0 aliphatic carbocycles. The fourth-order valence-electron chi connectivity index (χ4n) is 2.10. The van der Waals surface area contributed by atoms with Gasteiger partial charge in [0.25, 0.3) is 0 Å². The van der Waals surface area contributed by atoms with E-state index in [0.717, 1.165) is 29.5 Å². The first kappa shape index (κ1) is 12.7. The van der Waals surface area contributed by atoms with Gasteiger partial charge in [-0.3, -0.25) is 0 Å². The number of nitrogens with two attached hydrogens (primary N) is 1. The average Bonchev–Trinajstić information content (AvgIpc) is 2.41. The Bertz CT molecular complexity index is 534. The number of benzene rings is 2. The first-order valence-electron chi connectivity index (χ1n) is 6.36. The third-order valence-corrected chi connectivity index (χ3v) is 3.14. The quantitative estimate of drug-likeness (QED) is 0.864. The molecule has 0 fully saturated rings. The molecule has 0 aromatic heterocycles. The topological polar surface area (TPSA) is 46.2 Å². The first-order valence-corrected chi connectivity index (χ1v) is 6.36. The number of aryl methyl sites for hydroxylation is 1. The fraction of sp³-hybridized carbons (Fsp3) is 0.250. The van der Waals surface area contributed by atoms with Crippen LogP contribution in [0.25, 0.3) is 11.1 Å². The lowest BCUT2D eigenvalue weighted by Gasteiger charge is -2.09. The summed E-state index contributed by atoms with van der Waals surface area (Å²) in [5, 5.41) is 9.99. The van der Waals surface area contributed by atoms with Crippen molar-refractivity contribution >= 4 is 0 Å². The normalized spacial score (nSPS) is 10.6. The zero-order valence-corrected chi connectivity index (χ0v) is 10.7. The molecular weight excluding hydrogens is 222 g/mol. The second kappa shape index (κ2) is 5.69. The smallest absolute Gasteiger partial charge is 0.123 e. The summed E-state index contributed by atoms with van der Waals surface area (Å²) in [6, 6.07) is 14.0. The van der Waals surface area contributed by atoms with Crippen LogP contribution in [0.1, 0.15) is 18.1 Å². The van der Waals surface area contributed by atoms with Crippen molar-refractivity contribution in [2.75, 3.05) is 6.54 Å². The van der Waals surface area contributed by atoms with Gasteiger partial charge in [-0.05, 0) is 48.2 Å². The third-order valence-electron chi connectivity index (χ3n) is 3.14. The largest absolute Gasteiger partial charge is 0.507 e. The lowest BCUT2D eigenvalue weighted by atomic mass is 9.98. The van der Waals surface area contributed by atoms with Gasteiger partial charge in [-0.2, -0.15) is 0 Å². The number of aromatic hydroxyl groups is 1. The molecule has 0 amide bonds. The standard InChI is InChI=1S/C16H19NO/c1-2-12-4-3-5-14(10-12)15-11-13(8-9-17)6-7-16(15)18/h3-7,10-11,18H,2,8-9,17H2,1H3. The minimum absolute atomic E-state index is 0.323. The Morgan fingerprint density at radius 1 is 1.06 bits per heavy atom. The predicted molar refractivity (Wildman–Crippen MR) is 75.7 cm³/mol. The number of phenols is 1. The molecule has 2 aromatic rings. The predicted octanol–water partition coefficient (Wildman–Crippen LogP) is 3.12. The van der Waals surface area contributed by atoms with Crippen LogP contribution in [0.2, 0.25) is 0 Å². The molecule has 0 saturated heterocycles. The molecule has 0 aliphatic heterocycles. The molecular formula is C16H19NO. The summed E-state index contributed by atoms with van der Waals surface area (Å²) in [5.41, 5.74) is 9.95. The molecule has 0 spiro atoms. The molecule has 0 unspecified atom stereocenters. The van der Waals surface area contributed by atoms with Crippen molar-refractivity contribution in [2.45, 2.75) is 19.8 Å². The van der Waals surface area contributed by atoms with Crippen LogP contribution < -0.4 is 5.73 Å². The molecule has 2 heteroatoms. The van der Waals surface area contributed by atoms with Crippen molar-refractivity contribution in [3.8, 4) is 16.9 Å². The molecule has 0 aliphatic rings. The second-order valence-electron chi connectivity index (χ2n) is 4.44. The van der Waals surface area contributed by atoms with Crippen molar-refractivity contribution in [3.05, 3.63) is 53.6 Å². The van der Waals surface area contributed by atoms with E-state index in [-0.39, 0.29) is 0 Å². The van der Waals surface area contributed by atoms with Gasteiger partial charge in [-0.1, -0.05) is 37.3 Å². The highest BCUT2D eigenvalue weighted by Crippen LogP contribution is 2.30. The van der Waals surface area contributed by atoms with Crippen molar-refractivity contribution in [1.82, 2.24) is 0 Å². The third kappa shape index (κ3) is 2.71. The molecule has 0 saturated carbocycles. The number of rotatable bonds is 4. The first-order chi connectivity index (χ1) is 8.74. The monoisotopic (exact) mass is 241 g/mol. The van der Waals surface area contributed by atoms with E-state index in [0.29, 0.717) is 12.3 Å². The zero-order chi connectivity index (χ0) is 13.0. The van der Waals surface area contributed by atoms with Gasteiger partial charge in [0.15, 0.2) is 0 Å². The van der Waals surface area contributed by atoms with Crippen LogP contribution in [-0.4, -0.2) is 11.7 Å². The van der Waals surface area contributed by atoms with Gasteiger partial charge < -0.3 is 10.8 Å². The molecule has 2 rings (SSSR count). The van der Waals surface area contributed by atoms with Crippen molar-refractivity contribution in [2.24, 2.45) is 5.73 Å². The Labute approximate surface area is 108 Å². The summed E-state index contributed by atoms with van der Waals surface area (Å²) < 4.78 is 0. The summed E-state index contributed by atoms with van der Waals surface area (Å²) in [5.74, 6) is 0.323. The Morgan fingerprint density at radius 3 is 2.61 bits per heavy atom. The van der Waals surface area contributed by atoms with E-state index in [1.165, 1.54) is 5.56 Å². The van der Waals surface area contributed by atoms with Crippen molar-refractivity contribution in [3.63, 3.8) is 0 Å². The van der Waals surface area contributed by atoms with E-state index in [9.17, 15) is 5.11 Å². The SMILES string of the molecule is CCc1cccc(-c2cc(CCN)ccc2O)c1. The molecule has 2 aromatic carbocycles. The van der Waals surface area contributed by atoms with Gasteiger partial charge in [-0.15, -0.1) is 0 Å². The Morgan fingerprint density at radius 2 is 1.89 bits per heavy atom. The van der Waals surface area contributed by atoms with E-state index < -0.39 is 0 Å². The maximum absolute atomic E-state index is 9.99. The van der Waals surface area contributed by atoms with E-state index in [2.05, 4.69) is 19.1 Å². The van der Waals surface area contributed by atoms with Gasteiger partial charge in [0, 0.05) is 5.56 Å². The molecule has 0 radical (unpaired) electrons. The highest BCUT2D eigenvalue weighted by Gasteiger charge is 2.06. The summed E-state index contributed by atoms with van der Waals surface area (Å²) in [6.07, 6.45) is 1.83. The van der Waals surface area contributed by atoms with E-state index >= 15 is 0 Å². The lowest BCUT2D eigenvalue weighted by molar-refractivity contribution is 0.477. The average molecular weight is 241 g/mol.